The molecule has 3 nitrogen and oxygen atoms in total. The number of fused-ring (bicyclic) bond motifs is 1. The summed E-state index contributed by atoms with van der Waals surface area (Å²) in [5.41, 5.74) is -3.20. The lowest BCUT2D eigenvalue weighted by molar-refractivity contribution is -0.229. The number of rotatable bonds is 1. The molecule has 1 N–H and O–H groups in total. The van der Waals surface area contributed by atoms with Crippen molar-refractivity contribution in [1.82, 2.24) is 0 Å². The van der Waals surface area contributed by atoms with Gasteiger partial charge in [-0.2, -0.15) is 13.2 Å². The van der Waals surface area contributed by atoms with Gasteiger partial charge in [0.25, 0.3) is 0 Å². The largest absolute Gasteiger partial charge is 0.478 e. The second kappa shape index (κ2) is 4.01. The molecule has 1 aliphatic heterocycles. The Morgan fingerprint density at radius 3 is 2.42 bits per heavy atom. The van der Waals surface area contributed by atoms with Crippen LogP contribution in [0.3, 0.4) is 0 Å². The molecule has 1 aliphatic rings. The monoisotopic (exact) mass is 272 g/mol. The van der Waals surface area contributed by atoms with Crippen LogP contribution in [0.5, 0.6) is 5.75 Å². The van der Waals surface area contributed by atoms with E-state index in [-0.39, 0.29) is 11.3 Å². The van der Waals surface area contributed by atoms with Gasteiger partial charge in [-0.05, 0) is 25.5 Å². The van der Waals surface area contributed by atoms with Gasteiger partial charge in [0.05, 0.1) is 5.57 Å². The SMILES string of the molecule is CC1=C(C(=O)O)C(C)(C(F)(F)F)Oc2ccccc21. The highest BCUT2D eigenvalue weighted by Gasteiger charge is 2.60. The highest BCUT2D eigenvalue weighted by atomic mass is 19.4. The zero-order chi connectivity index (χ0) is 14.4. The summed E-state index contributed by atoms with van der Waals surface area (Å²) in [6.45, 7) is 2.09. The Morgan fingerprint density at radius 1 is 1.32 bits per heavy atom. The van der Waals surface area contributed by atoms with E-state index in [9.17, 15) is 18.0 Å². The van der Waals surface area contributed by atoms with Crippen molar-refractivity contribution in [3.8, 4) is 5.75 Å². The lowest BCUT2D eigenvalue weighted by atomic mass is 9.85. The van der Waals surface area contributed by atoms with Crippen LogP contribution in [0.25, 0.3) is 5.57 Å². The first-order valence-corrected chi connectivity index (χ1v) is 5.48. The van der Waals surface area contributed by atoms with E-state index >= 15 is 0 Å². The fourth-order valence-corrected chi connectivity index (χ4v) is 2.19. The van der Waals surface area contributed by atoms with Gasteiger partial charge in [-0.15, -0.1) is 0 Å². The van der Waals surface area contributed by atoms with E-state index in [0.717, 1.165) is 6.92 Å². The van der Waals surface area contributed by atoms with E-state index in [1.54, 1.807) is 6.07 Å². The molecular weight excluding hydrogens is 261 g/mol. The number of ether oxygens (including phenoxy) is 1. The van der Waals surface area contributed by atoms with E-state index < -0.39 is 23.3 Å². The summed E-state index contributed by atoms with van der Waals surface area (Å²) in [5, 5.41) is 9.10. The van der Waals surface area contributed by atoms with Crippen LogP contribution in [0, 0.1) is 0 Å². The summed E-state index contributed by atoms with van der Waals surface area (Å²) < 4.78 is 44.5. The lowest BCUT2D eigenvalue weighted by Gasteiger charge is -2.38. The molecule has 0 fully saturated rings. The molecule has 0 amide bonds. The molecule has 0 saturated heterocycles. The average Bonchev–Trinajstić information content (AvgIpc) is 2.27. The number of hydrogen-bond donors (Lipinski definition) is 1. The summed E-state index contributed by atoms with van der Waals surface area (Å²) in [6.07, 6.45) is -4.82. The van der Waals surface area contributed by atoms with Crippen LogP contribution in [-0.4, -0.2) is 22.9 Å². The van der Waals surface area contributed by atoms with E-state index in [1.165, 1.54) is 25.1 Å². The van der Waals surface area contributed by atoms with Crippen LogP contribution >= 0.6 is 0 Å². The quantitative estimate of drug-likeness (QED) is 0.853. The molecule has 0 aromatic heterocycles. The Kier molecular flexibility index (Phi) is 2.84. The number of para-hydroxylation sites is 1. The topological polar surface area (TPSA) is 46.5 Å². The number of halogens is 3. The number of allylic oxidation sites excluding steroid dienone is 1. The third kappa shape index (κ3) is 1.87. The van der Waals surface area contributed by atoms with Gasteiger partial charge in [-0.1, -0.05) is 18.2 Å². The number of carboxylic acids is 1. The van der Waals surface area contributed by atoms with Gasteiger partial charge < -0.3 is 9.84 Å². The summed E-state index contributed by atoms with van der Waals surface area (Å²) in [6, 6.07) is 6.07. The van der Waals surface area contributed by atoms with Crippen molar-refractivity contribution in [2.75, 3.05) is 0 Å². The number of benzene rings is 1. The second-order valence-corrected chi connectivity index (χ2v) is 4.43. The van der Waals surface area contributed by atoms with E-state index in [2.05, 4.69) is 0 Å². The number of alkyl halides is 3. The minimum Gasteiger partial charge on any atom is -0.478 e. The molecule has 1 heterocycles. The molecule has 102 valence electrons. The Labute approximate surface area is 107 Å². The van der Waals surface area contributed by atoms with Crippen molar-refractivity contribution in [3.05, 3.63) is 35.4 Å². The second-order valence-electron chi connectivity index (χ2n) is 4.43. The van der Waals surface area contributed by atoms with Gasteiger partial charge >= 0.3 is 12.1 Å². The maximum absolute atomic E-state index is 13.2. The minimum absolute atomic E-state index is 0.0322. The molecule has 1 atom stereocenters. The fraction of sp³-hybridized carbons (Fsp3) is 0.308. The summed E-state index contributed by atoms with van der Waals surface area (Å²) in [5.74, 6) is -1.60. The van der Waals surface area contributed by atoms with Crippen molar-refractivity contribution >= 4 is 11.5 Å². The molecule has 0 radical (unpaired) electrons. The number of carboxylic acid groups (broad SMARTS) is 1. The highest BCUT2D eigenvalue weighted by Crippen LogP contribution is 2.47. The smallest absolute Gasteiger partial charge is 0.432 e. The third-order valence-corrected chi connectivity index (χ3v) is 3.21. The normalized spacial score (nSPS) is 22.8. The van der Waals surface area contributed by atoms with Crippen LogP contribution in [0.2, 0.25) is 0 Å². The molecule has 1 unspecified atom stereocenters. The van der Waals surface area contributed by atoms with E-state index in [1.807, 2.05) is 0 Å². The Balaban J connectivity index is 2.76. The molecule has 6 heteroatoms. The molecule has 0 bridgehead atoms. The highest BCUT2D eigenvalue weighted by molar-refractivity contribution is 6.00. The van der Waals surface area contributed by atoms with Crippen LogP contribution in [-0.2, 0) is 4.79 Å². The molecule has 1 aromatic rings. The van der Waals surface area contributed by atoms with Crippen LogP contribution in [0.1, 0.15) is 19.4 Å². The van der Waals surface area contributed by atoms with Crippen molar-refractivity contribution in [2.45, 2.75) is 25.6 Å². The Bertz CT molecular complexity index is 575. The van der Waals surface area contributed by atoms with Crippen molar-refractivity contribution in [1.29, 1.82) is 0 Å². The van der Waals surface area contributed by atoms with Crippen molar-refractivity contribution in [2.24, 2.45) is 0 Å². The zero-order valence-corrected chi connectivity index (χ0v) is 10.2. The van der Waals surface area contributed by atoms with Gasteiger partial charge in [0.1, 0.15) is 5.75 Å². The first-order valence-electron chi connectivity index (χ1n) is 5.48. The predicted molar refractivity (Wildman–Crippen MR) is 61.8 cm³/mol. The van der Waals surface area contributed by atoms with E-state index in [0.29, 0.717) is 5.56 Å². The van der Waals surface area contributed by atoms with Gasteiger partial charge in [0, 0.05) is 5.56 Å². The molecular formula is C13H11F3O3. The summed E-state index contributed by atoms with van der Waals surface area (Å²) in [4.78, 5) is 11.2. The molecule has 0 saturated carbocycles. The first kappa shape index (κ1) is 13.5. The van der Waals surface area contributed by atoms with Gasteiger partial charge in [-0.3, -0.25) is 0 Å². The van der Waals surface area contributed by atoms with Gasteiger partial charge in [0.15, 0.2) is 0 Å². The standard InChI is InChI=1S/C13H11F3O3/c1-7-8-5-3-4-6-9(8)19-12(2,13(14,15)16)10(7)11(17)18/h3-6H,1-2H3,(H,17,18). The lowest BCUT2D eigenvalue weighted by Crippen LogP contribution is -2.52. The van der Waals surface area contributed by atoms with E-state index in [4.69, 9.17) is 9.84 Å². The first-order chi connectivity index (χ1) is 8.68. The summed E-state index contributed by atoms with van der Waals surface area (Å²) in [7, 11) is 0. The molecule has 0 aliphatic carbocycles. The maximum Gasteiger partial charge on any atom is 0.432 e. The van der Waals surface area contributed by atoms with Crippen molar-refractivity contribution in [3.63, 3.8) is 0 Å². The van der Waals surface area contributed by atoms with Gasteiger partial charge in [-0.25, -0.2) is 4.79 Å². The van der Waals surface area contributed by atoms with Crippen LogP contribution < -0.4 is 4.74 Å². The number of carbonyl (C=O) groups is 1. The maximum atomic E-state index is 13.2. The third-order valence-electron chi connectivity index (χ3n) is 3.21. The van der Waals surface area contributed by atoms with Crippen molar-refractivity contribution < 1.29 is 27.8 Å². The Hall–Kier alpha value is -1.98. The molecule has 1 aromatic carbocycles. The minimum atomic E-state index is -4.82. The summed E-state index contributed by atoms with van der Waals surface area (Å²) >= 11 is 0. The number of aliphatic carboxylic acids is 1. The van der Waals surface area contributed by atoms with Crippen LogP contribution in [0.4, 0.5) is 13.2 Å². The van der Waals surface area contributed by atoms with Gasteiger partial charge in [0.2, 0.25) is 5.60 Å². The number of hydrogen-bond acceptors (Lipinski definition) is 2. The predicted octanol–water partition coefficient (Wildman–Crippen LogP) is 3.26. The average molecular weight is 272 g/mol. The Morgan fingerprint density at radius 2 is 1.89 bits per heavy atom. The molecule has 19 heavy (non-hydrogen) atoms. The van der Waals surface area contributed by atoms with Crippen LogP contribution in [0.15, 0.2) is 29.8 Å². The molecule has 2 rings (SSSR count). The zero-order valence-electron chi connectivity index (χ0n) is 10.2. The molecule has 0 spiro atoms. The fourth-order valence-electron chi connectivity index (χ4n) is 2.19.